The fraction of sp³-hybridized carbons (Fsp3) is 0.867. The van der Waals surface area contributed by atoms with Gasteiger partial charge in [-0.15, -0.1) is 10.2 Å². The van der Waals surface area contributed by atoms with Gasteiger partial charge in [-0.2, -0.15) is 0 Å². The SMILES string of the molecule is Cn1c(CO)nnc1CC12CC3CC(CC(C3)C1)C2. The van der Waals surface area contributed by atoms with Gasteiger partial charge in [-0.05, 0) is 61.7 Å². The van der Waals surface area contributed by atoms with Crippen LogP contribution in [0.2, 0.25) is 0 Å². The summed E-state index contributed by atoms with van der Waals surface area (Å²) in [6.45, 7) is -0.00955. The maximum Gasteiger partial charge on any atom is 0.158 e. The molecule has 104 valence electrons. The van der Waals surface area contributed by atoms with Gasteiger partial charge in [-0.3, -0.25) is 0 Å². The number of hydrogen-bond acceptors (Lipinski definition) is 3. The third-order valence-corrected chi connectivity index (χ3v) is 5.89. The molecule has 0 spiro atoms. The highest BCUT2D eigenvalue weighted by Gasteiger charge is 2.51. The predicted octanol–water partition coefficient (Wildman–Crippen LogP) is 2.07. The molecule has 1 aromatic heterocycles. The average Bonchev–Trinajstić information content (AvgIpc) is 2.68. The van der Waals surface area contributed by atoms with Crippen LogP contribution in [0.1, 0.15) is 50.2 Å². The minimum absolute atomic E-state index is 0.00955. The first-order chi connectivity index (χ1) is 9.17. The number of aromatic nitrogens is 3. The highest BCUT2D eigenvalue weighted by molar-refractivity contribution is 5.07. The van der Waals surface area contributed by atoms with Gasteiger partial charge >= 0.3 is 0 Å². The lowest BCUT2D eigenvalue weighted by Crippen LogP contribution is -2.47. The van der Waals surface area contributed by atoms with E-state index in [9.17, 15) is 5.11 Å². The molecule has 4 bridgehead atoms. The van der Waals surface area contributed by atoms with Gasteiger partial charge in [-0.25, -0.2) is 0 Å². The molecule has 1 N–H and O–H groups in total. The van der Waals surface area contributed by atoms with Gasteiger partial charge in [-0.1, -0.05) is 0 Å². The number of hydrogen-bond donors (Lipinski definition) is 1. The van der Waals surface area contributed by atoms with E-state index in [0.29, 0.717) is 11.2 Å². The number of nitrogens with zero attached hydrogens (tertiary/aromatic N) is 3. The minimum atomic E-state index is -0.00955. The zero-order valence-electron chi connectivity index (χ0n) is 11.7. The van der Waals surface area contributed by atoms with Gasteiger partial charge < -0.3 is 9.67 Å². The molecular weight excluding hydrogens is 238 g/mol. The first-order valence-electron chi connectivity index (χ1n) is 7.65. The van der Waals surface area contributed by atoms with Crippen LogP contribution in [0.3, 0.4) is 0 Å². The molecule has 4 heteroatoms. The third-order valence-electron chi connectivity index (χ3n) is 5.89. The van der Waals surface area contributed by atoms with E-state index in [2.05, 4.69) is 10.2 Å². The molecule has 0 saturated heterocycles. The summed E-state index contributed by atoms with van der Waals surface area (Å²) in [6.07, 6.45) is 9.74. The maximum atomic E-state index is 9.24. The Bertz CT molecular complexity index is 458. The van der Waals surface area contributed by atoms with Crippen LogP contribution < -0.4 is 0 Å². The van der Waals surface area contributed by atoms with Crippen molar-refractivity contribution in [2.24, 2.45) is 30.2 Å². The number of rotatable bonds is 3. The second-order valence-electron chi connectivity index (χ2n) is 7.34. The van der Waals surface area contributed by atoms with Gasteiger partial charge in [0.1, 0.15) is 12.4 Å². The summed E-state index contributed by atoms with van der Waals surface area (Å²) in [7, 11) is 1.99. The number of aliphatic hydroxyl groups excluding tert-OH is 1. The predicted molar refractivity (Wildman–Crippen MR) is 71.2 cm³/mol. The van der Waals surface area contributed by atoms with Crippen LogP contribution in [0.4, 0.5) is 0 Å². The molecular formula is C15H23N3O. The fourth-order valence-corrected chi connectivity index (χ4v) is 5.53. The molecule has 4 nitrogen and oxygen atoms in total. The Hall–Kier alpha value is -0.900. The van der Waals surface area contributed by atoms with Crippen molar-refractivity contribution in [3.63, 3.8) is 0 Å². The molecule has 4 aliphatic rings. The molecule has 0 amide bonds. The summed E-state index contributed by atoms with van der Waals surface area (Å²) in [5.41, 5.74) is 0.502. The molecule has 0 unspecified atom stereocenters. The van der Waals surface area contributed by atoms with Crippen LogP contribution in [0.25, 0.3) is 0 Å². The van der Waals surface area contributed by atoms with E-state index in [1.54, 1.807) is 0 Å². The molecule has 1 aromatic rings. The molecule has 5 rings (SSSR count). The van der Waals surface area contributed by atoms with Crippen LogP contribution in [0, 0.1) is 23.2 Å². The van der Waals surface area contributed by atoms with Crippen molar-refractivity contribution < 1.29 is 5.11 Å². The first kappa shape index (κ1) is 11.9. The lowest BCUT2D eigenvalue weighted by molar-refractivity contribution is -0.0535. The van der Waals surface area contributed by atoms with Crippen LogP contribution in [0.15, 0.2) is 0 Å². The van der Waals surface area contributed by atoms with Gasteiger partial charge in [0.25, 0.3) is 0 Å². The zero-order chi connectivity index (χ0) is 13.0. The third kappa shape index (κ3) is 1.83. The van der Waals surface area contributed by atoms with Gasteiger partial charge in [0.15, 0.2) is 5.82 Å². The Balaban J connectivity index is 1.60. The summed E-state index contributed by atoms with van der Waals surface area (Å²) < 4.78 is 2.00. The van der Waals surface area contributed by atoms with E-state index in [0.717, 1.165) is 30.0 Å². The summed E-state index contributed by atoms with van der Waals surface area (Å²) in [5.74, 6) is 4.72. The van der Waals surface area contributed by atoms with Crippen LogP contribution >= 0.6 is 0 Å². The second-order valence-corrected chi connectivity index (χ2v) is 7.34. The van der Waals surface area contributed by atoms with Crippen molar-refractivity contribution in [1.29, 1.82) is 0 Å². The smallest absolute Gasteiger partial charge is 0.158 e. The Morgan fingerprint density at radius 3 is 2.05 bits per heavy atom. The standard InChI is InChI=1S/C15H23N3O/c1-18-13(16-17-14(18)9-19)8-15-5-10-2-11(6-15)4-12(3-10)7-15/h10-12,19H,2-9H2,1H3. The van der Waals surface area contributed by atoms with E-state index in [-0.39, 0.29) is 6.61 Å². The van der Waals surface area contributed by atoms with Crippen molar-refractivity contribution in [1.82, 2.24) is 14.8 Å². The molecule has 0 atom stereocenters. The van der Waals surface area contributed by atoms with Gasteiger partial charge in [0.2, 0.25) is 0 Å². The fourth-order valence-electron chi connectivity index (χ4n) is 5.53. The van der Waals surface area contributed by atoms with E-state index < -0.39 is 0 Å². The van der Waals surface area contributed by atoms with E-state index >= 15 is 0 Å². The van der Waals surface area contributed by atoms with Crippen LogP contribution in [0.5, 0.6) is 0 Å². The first-order valence-corrected chi connectivity index (χ1v) is 7.65. The number of aliphatic hydroxyl groups is 1. The van der Waals surface area contributed by atoms with Crippen molar-refractivity contribution in [2.45, 2.75) is 51.6 Å². The van der Waals surface area contributed by atoms with E-state index in [1.165, 1.54) is 38.5 Å². The molecule has 0 radical (unpaired) electrons. The summed E-state index contributed by atoms with van der Waals surface area (Å²) in [4.78, 5) is 0. The summed E-state index contributed by atoms with van der Waals surface area (Å²) in [5, 5.41) is 17.6. The molecule has 0 aliphatic heterocycles. The van der Waals surface area contributed by atoms with Crippen LogP contribution in [-0.2, 0) is 20.1 Å². The van der Waals surface area contributed by atoms with Gasteiger partial charge in [0, 0.05) is 13.5 Å². The van der Waals surface area contributed by atoms with Crippen molar-refractivity contribution in [2.75, 3.05) is 0 Å². The quantitative estimate of drug-likeness (QED) is 0.906. The summed E-state index contributed by atoms with van der Waals surface area (Å²) in [6, 6.07) is 0. The van der Waals surface area contributed by atoms with E-state index in [4.69, 9.17) is 0 Å². The maximum absolute atomic E-state index is 9.24. The molecule has 1 heterocycles. The molecule has 4 saturated carbocycles. The highest BCUT2D eigenvalue weighted by Crippen LogP contribution is 2.60. The highest BCUT2D eigenvalue weighted by atomic mass is 16.3. The molecule has 4 aliphatic carbocycles. The Morgan fingerprint density at radius 1 is 1.05 bits per heavy atom. The Morgan fingerprint density at radius 2 is 1.58 bits per heavy atom. The lowest BCUT2D eigenvalue weighted by atomic mass is 9.49. The minimum Gasteiger partial charge on any atom is -0.388 e. The second kappa shape index (κ2) is 4.05. The summed E-state index contributed by atoms with van der Waals surface area (Å²) >= 11 is 0. The van der Waals surface area contributed by atoms with Crippen LogP contribution in [-0.4, -0.2) is 19.9 Å². The lowest BCUT2D eigenvalue weighted by Gasteiger charge is -2.56. The van der Waals surface area contributed by atoms with E-state index in [1.807, 2.05) is 11.6 Å². The van der Waals surface area contributed by atoms with Crippen molar-refractivity contribution in [3.05, 3.63) is 11.6 Å². The zero-order valence-corrected chi connectivity index (χ0v) is 11.7. The average molecular weight is 261 g/mol. The largest absolute Gasteiger partial charge is 0.388 e. The Kier molecular flexibility index (Phi) is 2.53. The normalized spacial score (nSPS) is 40.0. The monoisotopic (exact) mass is 261 g/mol. The molecule has 19 heavy (non-hydrogen) atoms. The Labute approximate surface area is 114 Å². The molecule has 4 fully saturated rings. The van der Waals surface area contributed by atoms with Crippen molar-refractivity contribution >= 4 is 0 Å². The molecule has 0 aromatic carbocycles. The van der Waals surface area contributed by atoms with Crippen molar-refractivity contribution in [3.8, 4) is 0 Å². The van der Waals surface area contributed by atoms with Gasteiger partial charge in [0.05, 0.1) is 0 Å². The topological polar surface area (TPSA) is 50.9 Å².